The van der Waals surface area contributed by atoms with E-state index in [1.54, 1.807) is 51.8 Å². The molecule has 0 aliphatic carbocycles. The third kappa shape index (κ3) is 7.72. The molecule has 274 valence electrons. The van der Waals surface area contributed by atoms with Crippen LogP contribution in [-0.2, 0) is 7.05 Å². The number of hydrogen-bond acceptors (Lipinski definition) is 10. The van der Waals surface area contributed by atoms with Crippen molar-refractivity contribution in [2.45, 2.75) is 6.36 Å². The van der Waals surface area contributed by atoms with Crippen LogP contribution in [0, 0.1) is 11.3 Å². The summed E-state index contributed by atoms with van der Waals surface area (Å²) in [5.74, 6) is 2.42. The summed E-state index contributed by atoms with van der Waals surface area (Å²) in [4.78, 5) is 0. The van der Waals surface area contributed by atoms with E-state index in [4.69, 9.17) is 15.1 Å². The lowest BCUT2D eigenvalue weighted by molar-refractivity contribution is -0.274. The van der Waals surface area contributed by atoms with E-state index in [0.29, 0.717) is 39.8 Å². The van der Waals surface area contributed by atoms with Gasteiger partial charge in [-0.25, -0.2) is 0 Å². The largest absolute Gasteiger partial charge is 0.573 e. The fourth-order valence-electron chi connectivity index (χ4n) is 5.62. The molecule has 0 aliphatic heterocycles. The van der Waals surface area contributed by atoms with Crippen molar-refractivity contribution < 1.29 is 22.6 Å². The number of alkyl halides is 3. The Morgan fingerprint density at radius 1 is 0.571 bits per heavy atom. The van der Waals surface area contributed by atoms with E-state index in [1.807, 2.05) is 86.0 Å². The molecule has 0 amide bonds. The third-order valence-electron chi connectivity index (χ3n) is 8.27. The predicted molar refractivity (Wildman–Crippen MR) is 198 cm³/mol. The number of nitrogens with zero attached hydrogens (tertiary/aromatic N) is 11. The monoisotopic (exact) mass is 749 g/mol. The minimum atomic E-state index is -4.74. The van der Waals surface area contributed by atoms with Crippen LogP contribution in [0.1, 0.15) is 5.56 Å². The number of benzene rings is 4. The highest BCUT2D eigenvalue weighted by atomic mass is 19.4. The van der Waals surface area contributed by atoms with Gasteiger partial charge in [-0.2, -0.15) is 29.6 Å². The van der Waals surface area contributed by atoms with Gasteiger partial charge in [0.05, 0.1) is 34.8 Å². The molecule has 9 rings (SSSR count). The van der Waals surface area contributed by atoms with Gasteiger partial charge in [-0.15, -0.1) is 33.6 Å². The second-order valence-corrected chi connectivity index (χ2v) is 12.1. The SMILES string of the molecule is Cn1cc(-c2nnc3ccc(-c4ccc(Oc5ccccc5)cc4)nn23)cn1.N#Cc1ccc(-c2nnc3ccc(-c4ccc(OC(F)(F)F)cc4)nn23)cc1. The molecule has 0 radical (unpaired) electrons. The van der Waals surface area contributed by atoms with Crippen LogP contribution in [0.5, 0.6) is 17.2 Å². The van der Waals surface area contributed by atoms with Gasteiger partial charge in [-0.1, -0.05) is 18.2 Å². The van der Waals surface area contributed by atoms with Gasteiger partial charge < -0.3 is 9.47 Å². The van der Waals surface area contributed by atoms with Gasteiger partial charge in [-0.05, 0) is 109 Å². The molecule has 0 saturated heterocycles. The van der Waals surface area contributed by atoms with Gasteiger partial charge in [-0.3, -0.25) is 4.68 Å². The first-order chi connectivity index (χ1) is 27.2. The van der Waals surface area contributed by atoms with Crippen molar-refractivity contribution >= 4 is 11.3 Å². The highest BCUT2D eigenvalue weighted by Crippen LogP contribution is 2.28. The van der Waals surface area contributed by atoms with Crippen LogP contribution in [-0.4, -0.2) is 55.8 Å². The Hall–Kier alpha value is -7.93. The Morgan fingerprint density at radius 2 is 1.09 bits per heavy atom. The van der Waals surface area contributed by atoms with E-state index in [-0.39, 0.29) is 5.75 Å². The van der Waals surface area contributed by atoms with Crippen LogP contribution >= 0.6 is 0 Å². The summed E-state index contributed by atoms with van der Waals surface area (Å²) in [6, 6.07) is 39.1. The number of aryl methyl sites for hydroxylation is 1. The first-order valence-corrected chi connectivity index (χ1v) is 16.8. The molecule has 56 heavy (non-hydrogen) atoms. The number of halogens is 3. The maximum Gasteiger partial charge on any atom is 0.573 e. The van der Waals surface area contributed by atoms with Crippen LogP contribution < -0.4 is 9.47 Å². The van der Waals surface area contributed by atoms with Gasteiger partial charge in [0.15, 0.2) is 22.9 Å². The topological polar surface area (TPSA) is 146 Å². The summed E-state index contributed by atoms with van der Waals surface area (Å²) in [5, 5.41) is 39.0. The Balaban J connectivity index is 0.000000157. The number of para-hydroxylation sites is 1. The molecular formula is C40H26F3N11O2. The Labute approximate surface area is 315 Å². The molecule has 4 aromatic carbocycles. The van der Waals surface area contributed by atoms with Gasteiger partial charge in [0.25, 0.3) is 0 Å². The van der Waals surface area contributed by atoms with Crippen LogP contribution in [0.4, 0.5) is 13.2 Å². The molecule has 0 bridgehead atoms. The Bertz CT molecular complexity index is 2810. The molecule has 9 aromatic rings. The minimum absolute atomic E-state index is 0.306. The zero-order valence-corrected chi connectivity index (χ0v) is 29.1. The van der Waals surface area contributed by atoms with Gasteiger partial charge >= 0.3 is 6.36 Å². The number of aromatic nitrogens is 10. The molecule has 16 heteroatoms. The van der Waals surface area contributed by atoms with Crippen molar-refractivity contribution in [3.63, 3.8) is 0 Å². The molecule has 0 fully saturated rings. The summed E-state index contributed by atoms with van der Waals surface area (Å²) in [6.45, 7) is 0. The molecule has 0 atom stereocenters. The van der Waals surface area contributed by atoms with E-state index in [2.05, 4.69) is 35.3 Å². The van der Waals surface area contributed by atoms with Crippen molar-refractivity contribution in [2.75, 3.05) is 0 Å². The maximum absolute atomic E-state index is 12.3. The number of hydrogen-bond donors (Lipinski definition) is 0. The van der Waals surface area contributed by atoms with Crippen molar-refractivity contribution in [1.29, 1.82) is 5.26 Å². The summed E-state index contributed by atoms with van der Waals surface area (Å²) in [6.07, 6.45) is -1.10. The number of nitriles is 1. The second-order valence-electron chi connectivity index (χ2n) is 12.1. The van der Waals surface area contributed by atoms with Crippen LogP contribution in [0.3, 0.4) is 0 Å². The molecule has 5 aromatic heterocycles. The first-order valence-electron chi connectivity index (χ1n) is 16.8. The average molecular weight is 750 g/mol. The maximum atomic E-state index is 12.3. The van der Waals surface area contributed by atoms with E-state index >= 15 is 0 Å². The minimum Gasteiger partial charge on any atom is -0.457 e. The van der Waals surface area contributed by atoms with Crippen molar-refractivity contribution in [3.05, 3.63) is 145 Å². The van der Waals surface area contributed by atoms with Crippen molar-refractivity contribution in [3.8, 4) is 68.6 Å². The number of ether oxygens (including phenoxy) is 2. The Morgan fingerprint density at radius 3 is 1.61 bits per heavy atom. The Kier molecular flexibility index (Phi) is 9.30. The van der Waals surface area contributed by atoms with E-state index in [0.717, 1.165) is 33.9 Å². The van der Waals surface area contributed by atoms with Crippen LogP contribution in [0.2, 0.25) is 0 Å². The molecular weight excluding hydrogens is 724 g/mol. The highest BCUT2D eigenvalue weighted by molar-refractivity contribution is 5.65. The molecule has 5 heterocycles. The van der Waals surface area contributed by atoms with Crippen molar-refractivity contribution in [2.24, 2.45) is 7.05 Å². The lowest BCUT2D eigenvalue weighted by Gasteiger charge is -2.09. The fourth-order valence-corrected chi connectivity index (χ4v) is 5.62. The number of rotatable bonds is 7. The van der Waals surface area contributed by atoms with E-state index < -0.39 is 6.36 Å². The third-order valence-corrected chi connectivity index (χ3v) is 8.27. The predicted octanol–water partition coefficient (Wildman–Crippen LogP) is 8.21. The van der Waals surface area contributed by atoms with Crippen LogP contribution in [0.15, 0.2) is 140 Å². The summed E-state index contributed by atoms with van der Waals surface area (Å²) >= 11 is 0. The molecule has 0 aliphatic rings. The zero-order chi connectivity index (χ0) is 38.6. The van der Waals surface area contributed by atoms with Gasteiger partial charge in [0.1, 0.15) is 17.2 Å². The van der Waals surface area contributed by atoms with Gasteiger partial charge in [0, 0.05) is 29.9 Å². The lowest BCUT2D eigenvalue weighted by Crippen LogP contribution is -2.16. The zero-order valence-electron chi connectivity index (χ0n) is 29.1. The van der Waals surface area contributed by atoms with Crippen LogP contribution in [0.25, 0.3) is 56.6 Å². The standard InChI is InChI=1S/C21H16N6O.C19H10F3N5O/c1-26-14-16(13-22-26)21-24-23-20-12-11-19(25-27(20)21)15-7-9-18(10-8-15)28-17-5-3-2-4-6-17;20-19(21,22)28-15-7-5-13(6-8-15)16-9-10-17-24-25-18(27(17)26-16)14-3-1-12(11-23)2-4-14/h2-14H,1H3;1-10H. The summed E-state index contributed by atoms with van der Waals surface area (Å²) in [7, 11) is 1.87. The average Bonchev–Trinajstić information content (AvgIpc) is 3.96. The quantitative estimate of drug-likeness (QED) is 0.156. The molecule has 0 saturated carbocycles. The van der Waals surface area contributed by atoms with Crippen molar-refractivity contribution in [1.82, 2.24) is 49.4 Å². The smallest absolute Gasteiger partial charge is 0.457 e. The fraction of sp³-hybridized carbons (Fsp3) is 0.0500. The van der Waals surface area contributed by atoms with Gasteiger partial charge in [0.2, 0.25) is 0 Å². The van der Waals surface area contributed by atoms with E-state index in [1.165, 1.54) is 28.8 Å². The lowest BCUT2D eigenvalue weighted by atomic mass is 10.1. The first kappa shape index (κ1) is 35.1. The molecule has 0 N–H and O–H groups in total. The van der Waals surface area contributed by atoms with E-state index in [9.17, 15) is 13.2 Å². The normalized spacial score (nSPS) is 11.2. The summed E-state index contributed by atoms with van der Waals surface area (Å²) in [5.41, 5.74) is 6.25. The summed E-state index contributed by atoms with van der Waals surface area (Å²) < 4.78 is 51.6. The molecule has 0 unspecified atom stereocenters. The number of fused-ring (bicyclic) bond motifs is 2. The molecule has 0 spiro atoms. The highest BCUT2D eigenvalue weighted by Gasteiger charge is 2.31. The second kappa shape index (κ2) is 14.8. The molecule has 13 nitrogen and oxygen atoms in total.